The fourth-order valence-electron chi connectivity index (χ4n) is 2.31. The van der Waals surface area contributed by atoms with Gasteiger partial charge >= 0.3 is 0 Å². The molecule has 0 aliphatic carbocycles. The molecule has 0 rings (SSSR count). The van der Waals surface area contributed by atoms with Gasteiger partial charge in [-0.2, -0.15) is 0 Å². The summed E-state index contributed by atoms with van der Waals surface area (Å²) in [4.78, 5) is 0. The third-order valence-electron chi connectivity index (χ3n) is 2.67. The lowest BCUT2D eigenvalue weighted by molar-refractivity contribution is 0.320. The van der Waals surface area contributed by atoms with Crippen LogP contribution in [0.5, 0.6) is 0 Å². The van der Waals surface area contributed by atoms with Crippen LogP contribution in [0.15, 0.2) is 0 Å². The van der Waals surface area contributed by atoms with Crippen molar-refractivity contribution >= 4 is 7.26 Å². The summed E-state index contributed by atoms with van der Waals surface area (Å²) in [5.41, 5.74) is 0. The molecule has 0 radical (unpaired) electrons. The molecule has 13 heavy (non-hydrogen) atoms. The summed E-state index contributed by atoms with van der Waals surface area (Å²) >= 11 is 0. The van der Waals surface area contributed by atoms with E-state index >= 15 is 0 Å². The van der Waals surface area contributed by atoms with Gasteiger partial charge in [-0.15, -0.1) is 0 Å². The van der Waals surface area contributed by atoms with Gasteiger partial charge in [0.2, 0.25) is 0 Å². The average molecular weight is 205 g/mol. The molecule has 0 aromatic carbocycles. The average Bonchev–Trinajstić information content (AvgIpc) is 2.06. The van der Waals surface area contributed by atoms with Crippen LogP contribution < -0.4 is 0 Å². The molecule has 0 saturated carbocycles. The summed E-state index contributed by atoms with van der Waals surface area (Å²) in [6.45, 7) is 7.24. The van der Waals surface area contributed by atoms with Gasteiger partial charge in [0.05, 0.1) is 31.3 Å². The summed E-state index contributed by atoms with van der Waals surface area (Å²) in [6, 6.07) is 0. The minimum Gasteiger partial charge on any atom is -0.393 e. The third kappa shape index (κ3) is 4.98. The highest BCUT2D eigenvalue weighted by Gasteiger charge is 2.33. The first kappa shape index (κ1) is 13.4. The highest BCUT2D eigenvalue weighted by atomic mass is 31.2. The van der Waals surface area contributed by atoms with E-state index in [4.69, 9.17) is 5.11 Å². The molecule has 0 aromatic heterocycles. The van der Waals surface area contributed by atoms with Crippen LogP contribution in [0, 0.1) is 0 Å². The maximum absolute atomic E-state index is 9.11. The van der Waals surface area contributed by atoms with Crippen LogP contribution in [0.2, 0.25) is 0 Å². The van der Waals surface area contributed by atoms with Crippen molar-refractivity contribution in [3.05, 3.63) is 0 Å². The molecule has 0 amide bonds. The van der Waals surface area contributed by atoms with Gasteiger partial charge in [-0.3, -0.25) is 0 Å². The topological polar surface area (TPSA) is 20.2 Å². The minimum absolute atomic E-state index is 0.410. The van der Waals surface area contributed by atoms with Crippen LogP contribution in [-0.4, -0.2) is 36.4 Å². The van der Waals surface area contributed by atoms with E-state index in [0.29, 0.717) is 6.61 Å². The van der Waals surface area contributed by atoms with Crippen molar-refractivity contribution in [3.63, 3.8) is 0 Å². The first-order valence-electron chi connectivity index (χ1n) is 5.70. The van der Waals surface area contributed by atoms with Crippen molar-refractivity contribution in [2.45, 2.75) is 40.0 Å². The molecular weight excluding hydrogens is 179 g/mol. The van der Waals surface area contributed by atoms with Gasteiger partial charge < -0.3 is 5.11 Å². The molecule has 0 spiro atoms. The quantitative estimate of drug-likeness (QED) is 0.603. The lowest BCUT2D eigenvalue weighted by atomic mass is 10.6. The first-order chi connectivity index (χ1) is 6.24. The molecule has 2 heteroatoms. The molecule has 0 aliphatic rings. The van der Waals surface area contributed by atoms with Crippen LogP contribution in [0.1, 0.15) is 40.0 Å². The summed E-state index contributed by atoms with van der Waals surface area (Å²) in [7, 11) is -0.746. The molecule has 80 valence electrons. The highest BCUT2D eigenvalue weighted by Crippen LogP contribution is 2.59. The van der Waals surface area contributed by atoms with Crippen molar-refractivity contribution in [1.29, 1.82) is 0 Å². The second-order valence-corrected chi connectivity index (χ2v) is 8.43. The fraction of sp³-hybridized carbons (Fsp3) is 1.00. The van der Waals surface area contributed by atoms with Crippen molar-refractivity contribution in [1.82, 2.24) is 0 Å². The predicted molar refractivity (Wildman–Crippen MR) is 64.3 cm³/mol. The Morgan fingerprint density at radius 3 is 1.38 bits per heavy atom. The van der Waals surface area contributed by atoms with E-state index in [1.54, 1.807) is 0 Å². The number of rotatable bonds is 8. The summed E-state index contributed by atoms with van der Waals surface area (Å²) in [5, 5.41) is 9.11. The number of aliphatic hydroxyl groups excluding tert-OH is 1. The minimum atomic E-state index is -0.746. The molecule has 0 bridgehead atoms. The first-order valence-corrected chi connectivity index (χ1v) is 8.23. The Labute approximate surface area is 84.3 Å². The maximum Gasteiger partial charge on any atom is 0.0825 e. The van der Waals surface area contributed by atoms with Gasteiger partial charge in [0.25, 0.3) is 0 Å². The van der Waals surface area contributed by atoms with E-state index in [0.717, 1.165) is 6.16 Å². The molecule has 0 atom stereocenters. The largest absolute Gasteiger partial charge is 0.393 e. The Bertz CT molecular complexity index is 85.1. The Balaban J connectivity index is 4.19. The van der Waals surface area contributed by atoms with Crippen LogP contribution in [-0.2, 0) is 0 Å². The lowest BCUT2D eigenvalue weighted by Crippen LogP contribution is -2.13. The van der Waals surface area contributed by atoms with E-state index in [2.05, 4.69) is 20.8 Å². The van der Waals surface area contributed by atoms with Crippen molar-refractivity contribution in [2.24, 2.45) is 0 Å². The molecule has 0 fully saturated rings. The zero-order valence-corrected chi connectivity index (χ0v) is 10.4. The molecule has 0 saturated heterocycles. The smallest absolute Gasteiger partial charge is 0.0825 e. The Morgan fingerprint density at radius 2 is 1.15 bits per heavy atom. The summed E-state index contributed by atoms with van der Waals surface area (Å²) < 4.78 is 0. The molecular formula is C11H26OP+. The maximum atomic E-state index is 9.11. The van der Waals surface area contributed by atoms with Crippen LogP contribution in [0.3, 0.4) is 0 Å². The number of hydrogen-bond donors (Lipinski definition) is 1. The van der Waals surface area contributed by atoms with Gasteiger partial charge in [0.15, 0.2) is 0 Å². The van der Waals surface area contributed by atoms with E-state index in [-0.39, 0.29) is 0 Å². The molecule has 0 heterocycles. The van der Waals surface area contributed by atoms with Crippen LogP contribution in [0.4, 0.5) is 0 Å². The fourth-order valence-corrected chi connectivity index (χ4v) is 6.92. The second-order valence-electron chi connectivity index (χ2n) is 3.96. The van der Waals surface area contributed by atoms with Crippen molar-refractivity contribution < 1.29 is 5.11 Å². The van der Waals surface area contributed by atoms with Gasteiger partial charge in [-0.05, 0) is 19.3 Å². The molecule has 1 nitrogen and oxygen atoms in total. The normalized spacial score (nSPS) is 12.0. The SMILES string of the molecule is CCC[P+](CCC)(CCC)CCO. The Hall–Kier alpha value is 0.390. The zero-order chi connectivity index (χ0) is 10.2. The van der Waals surface area contributed by atoms with E-state index in [1.807, 2.05) is 0 Å². The Kier molecular flexibility index (Phi) is 8.00. The molecule has 1 N–H and O–H groups in total. The molecule has 0 aromatic rings. The molecule has 0 aliphatic heterocycles. The summed E-state index contributed by atoms with van der Waals surface area (Å²) in [6.07, 6.45) is 9.21. The number of hydrogen-bond acceptors (Lipinski definition) is 1. The standard InChI is InChI=1S/C11H26OP/c1-4-8-13(9-5-2,10-6-3)11-7-12/h12H,4-11H2,1-3H3/q+1. The third-order valence-corrected chi connectivity index (χ3v) is 8.00. The van der Waals surface area contributed by atoms with Crippen molar-refractivity contribution in [3.8, 4) is 0 Å². The lowest BCUT2D eigenvalue weighted by Gasteiger charge is -2.25. The van der Waals surface area contributed by atoms with Gasteiger partial charge in [0.1, 0.15) is 0 Å². The predicted octanol–water partition coefficient (Wildman–Crippen LogP) is 3.23. The van der Waals surface area contributed by atoms with Crippen LogP contribution >= 0.6 is 7.26 Å². The van der Waals surface area contributed by atoms with Crippen molar-refractivity contribution in [2.75, 3.05) is 31.3 Å². The van der Waals surface area contributed by atoms with Gasteiger partial charge in [-0.1, -0.05) is 20.8 Å². The number of aliphatic hydroxyl groups is 1. The zero-order valence-electron chi connectivity index (χ0n) is 9.55. The molecule has 0 unspecified atom stereocenters. The van der Waals surface area contributed by atoms with E-state index in [9.17, 15) is 0 Å². The Morgan fingerprint density at radius 1 is 0.769 bits per heavy atom. The highest BCUT2D eigenvalue weighted by molar-refractivity contribution is 7.75. The monoisotopic (exact) mass is 205 g/mol. The van der Waals surface area contributed by atoms with E-state index < -0.39 is 7.26 Å². The summed E-state index contributed by atoms with van der Waals surface area (Å²) in [5.74, 6) is 0. The second kappa shape index (κ2) is 7.76. The van der Waals surface area contributed by atoms with Gasteiger partial charge in [0, 0.05) is 7.26 Å². The van der Waals surface area contributed by atoms with E-state index in [1.165, 1.54) is 37.7 Å². The van der Waals surface area contributed by atoms with Gasteiger partial charge in [-0.25, -0.2) is 0 Å². The van der Waals surface area contributed by atoms with Crippen LogP contribution in [0.25, 0.3) is 0 Å².